The van der Waals surface area contributed by atoms with Gasteiger partial charge in [0.25, 0.3) is 0 Å². The van der Waals surface area contributed by atoms with Crippen LogP contribution in [0.1, 0.15) is 43.2 Å². The van der Waals surface area contributed by atoms with Gasteiger partial charge in [-0.3, -0.25) is 9.59 Å². The molecule has 43 heavy (non-hydrogen) atoms. The average molecular weight is 618 g/mol. The Kier molecular flexibility index (Phi) is 8.30. The Labute approximate surface area is 250 Å². The molecule has 228 valence electrons. The van der Waals surface area contributed by atoms with Crippen molar-refractivity contribution in [3.8, 4) is 11.5 Å². The van der Waals surface area contributed by atoms with Crippen LogP contribution in [0.25, 0.3) is 22.6 Å². The van der Waals surface area contributed by atoms with E-state index in [1.807, 2.05) is 11.9 Å². The zero-order valence-corrected chi connectivity index (χ0v) is 24.6. The number of pyridine rings is 1. The summed E-state index contributed by atoms with van der Waals surface area (Å²) in [5.74, 6) is -0.385. The molecule has 2 aromatic carbocycles. The number of aliphatic hydroxyl groups is 1. The van der Waals surface area contributed by atoms with E-state index in [4.69, 9.17) is 16.0 Å². The van der Waals surface area contributed by atoms with Gasteiger partial charge < -0.3 is 25.2 Å². The third-order valence-electron chi connectivity index (χ3n) is 7.36. The number of hydrogen-bond acceptors (Lipinski definition) is 7. The van der Waals surface area contributed by atoms with E-state index in [2.05, 4.69) is 15.6 Å². The Morgan fingerprint density at radius 3 is 2.35 bits per heavy atom. The van der Waals surface area contributed by atoms with Crippen molar-refractivity contribution in [1.82, 2.24) is 15.0 Å². The molecule has 1 amide bonds. The molecule has 0 radical (unpaired) electrons. The van der Waals surface area contributed by atoms with Gasteiger partial charge in [-0.2, -0.15) is 13.2 Å². The molecule has 0 unspecified atom stereocenters. The predicted octanol–water partition coefficient (Wildman–Crippen LogP) is 4.84. The van der Waals surface area contributed by atoms with Crippen LogP contribution < -0.4 is 21.2 Å². The van der Waals surface area contributed by atoms with Crippen molar-refractivity contribution in [2.24, 2.45) is 0 Å². The molecule has 3 N–H and O–H groups in total. The number of alkyl halides is 3. The Bertz CT molecular complexity index is 1720. The molecular weight excluding hydrogens is 587 g/mol. The molecule has 0 atom stereocenters. The molecule has 0 spiro atoms. The maximum absolute atomic E-state index is 13.8. The van der Waals surface area contributed by atoms with Crippen molar-refractivity contribution < 1.29 is 27.5 Å². The van der Waals surface area contributed by atoms with Gasteiger partial charge in [0.05, 0.1) is 28.3 Å². The first-order chi connectivity index (χ1) is 20.3. The summed E-state index contributed by atoms with van der Waals surface area (Å²) in [7, 11) is 0. The number of fused-ring (bicyclic) bond motifs is 1. The van der Waals surface area contributed by atoms with E-state index in [9.17, 15) is 27.9 Å². The van der Waals surface area contributed by atoms with Crippen molar-refractivity contribution in [3.05, 3.63) is 80.2 Å². The third-order valence-corrected chi connectivity index (χ3v) is 7.67. The Morgan fingerprint density at radius 1 is 1.12 bits per heavy atom. The summed E-state index contributed by atoms with van der Waals surface area (Å²) in [6.07, 6.45) is -4.43. The van der Waals surface area contributed by atoms with E-state index in [-0.39, 0.29) is 34.1 Å². The monoisotopic (exact) mass is 617 g/mol. The zero-order chi connectivity index (χ0) is 31.1. The smallest absolute Gasteiger partial charge is 0.416 e. The number of piperazine rings is 1. The van der Waals surface area contributed by atoms with E-state index >= 15 is 0 Å². The molecule has 3 heterocycles. The average Bonchev–Trinajstić information content (AvgIpc) is 3.41. The number of carbonyl (C=O) groups is 1. The highest BCUT2D eigenvalue weighted by molar-refractivity contribution is 6.33. The van der Waals surface area contributed by atoms with E-state index < -0.39 is 28.8 Å². The fraction of sp³-hybridized carbons (Fsp3) is 0.367. The second-order valence-corrected chi connectivity index (χ2v) is 11.3. The van der Waals surface area contributed by atoms with Crippen LogP contribution >= 0.6 is 11.6 Å². The van der Waals surface area contributed by atoms with Gasteiger partial charge in [-0.1, -0.05) is 30.7 Å². The van der Waals surface area contributed by atoms with Gasteiger partial charge in [-0.15, -0.1) is 0 Å². The van der Waals surface area contributed by atoms with E-state index in [0.717, 1.165) is 18.2 Å². The number of aromatic nitrogens is 2. The summed E-state index contributed by atoms with van der Waals surface area (Å²) < 4.78 is 46.9. The van der Waals surface area contributed by atoms with Crippen molar-refractivity contribution in [3.63, 3.8) is 0 Å². The number of hydrogen-bond donors (Lipinski definition) is 3. The van der Waals surface area contributed by atoms with Crippen molar-refractivity contribution >= 4 is 34.3 Å². The molecule has 2 aromatic heterocycles. The van der Waals surface area contributed by atoms with Crippen LogP contribution in [0, 0.1) is 0 Å². The van der Waals surface area contributed by atoms with Crippen LogP contribution in [0.3, 0.4) is 0 Å². The molecule has 0 bridgehead atoms. The van der Waals surface area contributed by atoms with Crippen LogP contribution in [0.4, 0.5) is 18.9 Å². The minimum absolute atomic E-state index is 0.0207. The van der Waals surface area contributed by atoms with Gasteiger partial charge in [-0.25, -0.2) is 9.66 Å². The molecule has 1 aliphatic heterocycles. The molecule has 1 aliphatic rings. The minimum Gasteiger partial charge on any atom is -0.430 e. The van der Waals surface area contributed by atoms with Crippen LogP contribution in [0.15, 0.2) is 51.7 Å². The van der Waals surface area contributed by atoms with Gasteiger partial charge >= 0.3 is 11.7 Å². The number of amides is 1. The number of nitrogens with zero attached hydrogens (tertiary/aromatic N) is 3. The summed E-state index contributed by atoms with van der Waals surface area (Å²) in [6, 6.07) is 9.64. The van der Waals surface area contributed by atoms with Crippen LogP contribution in [0.2, 0.25) is 5.02 Å². The van der Waals surface area contributed by atoms with Crippen molar-refractivity contribution in [1.29, 1.82) is 0 Å². The van der Waals surface area contributed by atoms with E-state index in [1.165, 1.54) is 0 Å². The van der Waals surface area contributed by atoms with Crippen molar-refractivity contribution in [2.75, 3.05) is 36.5 Å². The SMILES string of the molecule is CCc1c(CC(=O)Nc2ccc(C(F)(F)F)cc2Cl)c2nc(-c3ccc(C(C)(C)O)cc3)oc2c(=O)n1N1CCNCC1. The predicted molar refractivity (Wildman–Crippen MR) is 158 cm³/mol. The maximum atomic E-state index is 13.8. The maximum Gasteiger partial charge on any atom is 0.416 e. The number of rotatable bonds is 7. The number of benzene rings is 2. The Balaban J connectivity index is 1.58. The van der Waals surface area contributed by atoms with Gasteiger partial charge in [0.1, 0.15) is 5.52 Å². The Morgan fingerprint density at radius 2 is 1.77 bits per heavy atom. The lowest BCUT2D eigenvalue weighted by Gasteiger charge is -2.33. The second-order valence-electron chi connectivity index (χ2n) is 10.8. The topological polar surface area (TPSA) is 113 Å². The van der Waals surface area contributed by atoms with Crippen LogP contribution in [-0.4, -0.2) is 46.9 Å². The fourth-order valence-corrected chi connectivity index (χ4v) is 5.37. The molecule has 0 aliphatic carbocycles. The second kappa shape index (κ2) is 11.7. The lowest BCUT2D eigenvalue weighted by molar-refractivity contribution is -0.137. The van der Waals surface area contributed by atoms with Crippen LogP contribution in [-0.2, 0) is 29.4 Å². The minimum atomic E-state index is -4.58. The normalized spacial score (nSPS) is 14.4. The molecule has 5 rings (SSSR count). The molecule has 4 aromatic rings. The first-order valence-electron chi connectivity index (χ1n) is 13.8. The number of oxazole rings is 1. The fourth-order valence-electron chi connectivity index (χ4n) is 5.15. The van der Waals surface area contributed by atoms with Gasteiger partial charge in [0.15, 0.2) is 0 Å². The van der Waals surface area contributed by atoms with Crippen molar-refractivity contribution in [2.45, 2.75) is 45.4 Å². The van der Waals surface area contributed by atoms with Gasteiger partial charge in [-0.05, 0) is 56.2 Å². The zero-order valence-electron chi connectivity index (χ0n) is 23.8. The van der Waals surface area contributed by atoms with Gasteiger partial charge in [0.2, 0.25) is 17.4 Å². The summed E-state index contributed by atoms with van der Waals surface area (Å²) in [4.78, 5) is 31.8. The van der Waals surface area contributed by atoms with E-state index in [1.54, 1.807) is 42.8 Å². The lowest BCUT2D eigenvalue weighted by atomic mass is 9.97. The molecule has 1 fully saturated rings. The molecule has 0 saturated carbocycles. The standard InChI is InChI=1S/C30H31ClF3N5O4/c1-4-23-20(16-24(40)36-22-10-9-19(15-21(22)31)30(32,33)34)25-26(28(41)39(23)38-13-11-35-12-14-38)43-27(37-25)17-5-7-18(8-6-17)29(2,3)42/h5-10,15,35,42H,4,11-14,16H2,1-3H3,(H,36,40). The highest BCUT2D eigenvalue weighted by Crippen LogP contribution is 2.34. The highest BCUT2D eigenvalue weighted by atomic mass is 35.5. The molecular formula is C30H31ClF3N5O4. The summed E-state index contributed by atoms with van der Waals surface area (Å²) in [5.41, 5.74) is 0.125. The molecule has 9 nitrogen and oxygen atoms in total. The summed E-state index contributed by atoms with van der Waals surface area (Å²) >= 11 is 6.08. The quantitative estimate of drug-likeness (QED) is 0.272. The molecule has 13 heteroatoms. The third kappa shape index (κ3) is 6.27. The first-order valence-corrected chi connectivity index (χ1v) is 14.2. The number of nitrogens with one attached hydrogen (secondary N) is 2. The van der Waals surface area contributed by atoms with Crippen LogP contribution in [0.5, 0.6) is 0 Å². The number of halogens is 4. The van der Waals surface area contributed by atoms with E-state index in [0.29, 0.717) is 55.0 Å². The highest BCUT2D eigenvalue weighted by Gasteiger charge is 2.31. The largest absolute Gasteiger partial charge is 0.430 e. The lowest BCUT2D eigenvalue weighted by Crippen LogP contribution is -2.53. The number of anilines is 1. The van der Waals surface area contributed by atoms with Gasteiger partial charge in [0, 0.05) is 43.0 Å². The number of carbonyl (C=O) groups excluding carboxylic acids is 1. The first kappa shape index (κ1) is 30.6. The summed E-state index contributed by atoms with van der Waals surface area (Å²) in [6.45, 7) is 7.61. The Hall–Kier alpha value is -3.87. The molecule has 1 saturated heterocycles. The summed E-state index contributed by atoms with van der Waals surface area (Å²) in [5, 5.41) is 17.8.